The zero-order chi connectivity index (χ0) is 25.2. The molecule has 4 rings (SSSR count). The number of anilines is 1. The Morgan fingerprint density at radius 3 is 2.40 bits per heavy atom. The lowest BCUT2D eigenvalue weighted by atomic mass is 10.1. The van der Waals surface area contributed by atoms with Crippen molar-refractivity contribution in [3.63, 3.8) is 0 Å². The minimum Gasteiger partial charge on any atom is -0.492 e. The molecule has 7 nitrogen and oxygen atoms in total. The number of benzene rings is 3. The van der Waals surface area contributed by atoms with Crippen LogP contribution in [0, 0.1) is 27.7 Å². The molecule has 8 heteroatoms. The van der Waals surface area contributed by atoms with Crippen molar-refractivity contribution in [1.29, 1.82) is 0 Å². The van der Waals surface area contributed by atoms with Crippen LogP contribution in [-0.4, -0.2) is 40.1 Å². The van der Waals surface area contributed by atoms with Gasteiger partial charge in [-0.05, 0) is 80.8 Å². The van der Waals surface area contributed by atoms with Gasteiger partial charge in [-0.15, -0.1) is 0 Å². The average molecular weight is 495 g/mol. The summed E-state index contributed by atoms with van der Waals surface area (Å²) in [7, 11) is -3.89. The molecule has 1 heterocycles. The van der Waals surface area contributed by atoms with E-state index in [1.807, 2.05) is 52.0 Å². The highest BCUT2D eigenvalue weighted by Crippen LogP contribution is 2.37. The number of carbonyl (C=O) groups excluding carboxylic acids is 1. The van der Waals surface area contributed by atoms with Gasteiger partial charge in [0.1, 0.15) is 18.1 Å². The van der Waals surface area contributed by atoms with E-state index in [9.17, 15) is 13.2 Å². The van der Waals surface area contributed by atoms with Crippen LogP contribution in [0.15, 0.2) is 65.6 Å². The van der Waals surface area contributed by atoms with Gasteiger partial charge in [-0.1, -0.05) is 29.8 Å². The SMILES string of the molecule is Cc1ccc(S(=O)(=O)N2C[C@@H](C(=O)NCCOc3ccc(C)c(C)c3)Oc3cc(C)ccc32)cc1. The quantitative estimate of drug-likeness (QED) is 0.501. The molecule has 0 spiro atoms. The van der Waals surface area contributed by atoms with Crippen molar-refractivity contribution in [3.8, 4) is 11.5 Å². The molecular formula is C27H30N2O5S. The lowest BCUT2D eigenvalue weighted by molar-refractivity contribution is -0.127. The Morgan fingerprint density at radius 2 is 1.69 bits per heavy atom. The van der Waals surface area contributed by atoms with Gasteiger partial charge in [-0.3, -0.25) is 9.10 Å². The van der Waals surface area contributed by atoms with Gasteiger partial charge < -0.3 is 14.8 Å². The van der Waals surface area contributed by atoms with Crippen LogP contribution < -0.4 is 19.1 Å². The second kappa shape index (κ2) is 10.00. The first-order chi connectivity index (χ1) is 16.6. The molecule has 1 aliphatic rings. The molecule has 3 aromatic carbocycles. The number of nitrogens with one attached hydrogen (secondary N) is 1. The predicted molar refractivity (Wildman–Crippen MR) is 136 cm³/mol. The third kappa shape index (κ3) is 5.43. The molecule has 0 aromatic heterocycles. The number of hydrogen-bond donors (Lipinski definition) is 1. The summed E-state index contributed by atoms with van der Waals surface area (Å²) in [6, 6.07) is 17.8. The van der Waals surface area contributed by atoms with E-state index in [1.54, 1.807) is 36.4 Å². The molecule has 1 aliphatic heterocycles. The van der Waals surface area contributed by atoms with E-state index < -0.39 is 22.0 Å². The Labute approximate surface area is 206 Å². The first kappa shape index (κ1) is 24.6. The van der Waals surface area contributed by atoms with Gasteiger partial charge in [0.05, 0.1) is 23.7 Å². The van der Waals surface area contributed by atoms with Crippen LogP contribution in [0.4, 0.5) is 5.69 Å². The van der Waals surface area contributed by atoms with Gasteiger partial charge in [0.25, 0.3) is 15.9 Å². The van der Waals surface area contributed by atoms with Crippen LogP contribution in [-0.2, 0) is 14.8 Å². The topological polar surface area (TPSA) is 84.9 Å². The van der Waals surface area contributed by atoms with Gasteiger partial charge in [-0.25, -0.2) is 8.42 Å². The highest BCUT2D eigenvalue weighted by molar-refractivity contribution is 7.92. The van der Waals surface area contributed by atoms with E-state index >= 15 is 0 Å². The maximum atomic E-state index is 13.5. The number of ether oxygens (including phenoxy) is 2. The molecule has 0 unspecified atom stereocenters. The molecule has 0 saturated heterocycles. The van der Waals surface area contributed by atoms with Crippen molar-refractivity contribution >= 4 is 21.6 Å². The fourth-order valence-electron chi connectivity index (χ4n) is 3.82. The Hall–Kier alpha value is -3.52. The molecule has 0 fully saturated rings. The number of sulfonamides is 1. The highest BCUT2D eigenvalue weighted by Gasteiger charge is 2.37. The van der Waals surface area contributed by atoms with Crippen molar-refractivity contribution in [2.24, 2.45) is 0 Å². The Kier molecular flexibility index (Phi) is 7.03. The van der Waals surface area contributed by atoms with Crippen molar-refractivity contribution in [3.05, 3.63) is 82.9 Å². The van der Waals surface area contributed by atoms with E-state index in [4.69, 9.17) is 9.47 Å². The lowest BCUT2D eigenvalue weighted by Crippen LogP contribution is -2.51. The maximum absolute atomic E-state index is 13.5. The smallest absolute Gasteiger partial charge is 0.264 e. The van der Waals surface area contributed by atoms with Crippen LogP contribution in [0.25, 0.3) is 0 Å². The van der Waals surface area contributed by atoms with Gasteiger partial charge in [0.2, 0.25) is 0 Å². The van der Waals surface area contributed by atoms with Crippen LogP contribution in [0.2, 0.25) is 0 Å². The number of aryl methyl sites for hydroxylation is 4. The van der Waals surface area contributed by atoms with Gasteiger partial charge >= 0.3 is 0 Å². The molecule has 1 atom stereocenters. The zero-order valence-electron chi connectivity index (χ0n) is 20.4. The van der Waals surface area contributed by atoms with Crippen molar-refractivity contribution < 1.29 is 22.7 Å². The van der Waals surface area contributed by atoms with E-state index in [2.05, 4.69) is 5.32 Å². The molecule has 3 aromatic rings. The van der Waals surface area contributed by atoms with Crippen molar-refractivity contribution in [2.45, 2.75) is 38.7 Å². The summed E-state index contributed by atoms with van der Waals surface area (Å²) in [5.74, 6) is 0.694. The molecule has 1 N–H and O–H groups in total. The first-order valence-electron chi connectivity index (χ1n) is 11.5. The van der Waals surface area contributed by atoms with Crippen LogP contribution in [0.5, 0.6) is 11.5 Å². The third-order valence-electron chi connectivity index (χ3n) is 6.03. The van der Waals surface area contributed by atoms with E-state index in [-0.39, 0.29) is 24.6 Å². The minimum atomic E-state index is -3.89. The molecule has 0 saturated carbocycles. The standard InChI is InChI=1S/C27H30N2O5S/c1-18-5-10-23(11-6-18)35(31,32)29-17-26(34-25-15-19(2)7-12-24(25)29)27(30)28-13-14-33-22-9-8-20(3)21(4)16-22/h5-12,15-16,26H,13-14,17H2,1-4H3,(H,28,30)/t26-/m0/s1. The zero-order valence-corrected chi connectivity index (χ0v) is 21.2. The molecule has 184 valence electrons. The van der Waals surface area contributed by atoms with Crippen molar-refractivity contribution in [2.75, 3.05) is 24.0 Å². The maximum Gasteiger partial charge on any atom is 0.264 e. The summed E-state index contributed by atoms with van der Waals surface area (Å²) in [4.78, 5) is 13.1. The van der Waals surface area contributed by atoms with Crippen molar-refractivity contribution in [1.82, 2.24) is 5.32 Å². The second-order valence-electron chi connectivity index (χ2n) is 8.81. The fraction of sp³-hybridized carbons (Fsp3) is 0.296. The predicted octanol–water partition coefficient (Wildman–Crippen LogP) is 4.07. The van der Waals surface area contributed by atoms with E-state index in [0.717, 1.165) is 22.4 Å². The van der Waals surface area contributed by atoms with E-state index in [1.165, 1.54) is 9.87 Å². The Morgan fingerprint density at radius 1 is 0.971 bits per heavy atom. The van der Waals surface area contributed by atoms with Gasteiger partial charge in [0, 0.05) is 0 Å². The lowest BCUT2D eigenvalue weighted by Gasteiger charge is -2.35. The third-order valence-corrected chi connectivity index (χ3v) is 7.83. The monoisotopic (exact) mass is 494 g/mol. The number of amides is 1. The van der Waals surface area contributed by atoms with E-state index in [0.29, 0.717) is 11.4 Å². The number of fused-ring (bicyclic) bond motifs is 1. The largest absolute Gasteiger partial charge is 0.492 e. The normalized spacial score (nSPS) is 15.2. The van der Waals surface area contributed by atoms with Crippen LogP contribution in [0.3, 0.4) is 0 Å². The Balaban J connectivity index is 1.48. The second-order valence-corrected chi connectivity index (χ2v) is 10.7. The molecule has 1 amide bonds. The number of hydrogen-bond acceptors (Lipinski definition) is 5. The molecule has 0 aliphatic carbocycles. The van der Waals surface area contributed by atoms with Crippen LogP contribution in [0.1, 0.15) is 22.3 Å². The number of carbonyl (C=O) groups is 1. The summed E-state index contributed by atoms with van der Waals surface area (Å²) in [5.41, 5.74) is 4.59. The Bertz CT molecular complexity index is 1340. The van der Waals surface area contributed by atoms with Gasteiger partial charge in [-0.2, -0.15) is 0 Å². The number of nitrogens with zero attached hydrogens (tertiary/aromatic N) is 1. The molecule has 0 radical (unpaired) electrons. The molecular weight excluding hydrogens is 464 g/mol. The summed E-state index contributed by atoms with van der Waals surface area (Å²) in [5, 5.41) is 2.80. The highest BCUT2D eigenvalue weighted by atomic mass is 32.2. The summed E-state index contributed by atoms with van der Waals surface area (Å²) in [6.07, 6.45) is -0.994. The summed E-state index contributed by atoms with van der Waals surface area (Å²) >= 11 is 0. The average Bonchev–Trinajstić information content (AvgIpc) is 2.83. The summed E-state index contributed by atoms with van der Waals surface area (Å²) in [6.45, 7) is 8.24. The first-order valence-corrected chi connectivity index (χ1v) is 12.9. The molecule has 0 bridgehead atoms. The van der Waals surface area contributed by atoms with Gasteiger partial charge in [0.15, 0.2) is 6.10 Å². The van der Waals surface area contributed by atoms with Crippen LogP contribution >= 0.6 is 0 Å². The molecule has 35 heavy (non-hydrogen) atoms. The minimum absolute atomic E-state index is 0.129. The fourth-order valence-corrected chi connectivity index (χ4v) is 5.30. The summed E-state index contributed by atoms with van der Waals surface area (Å²) < 4.78 is 39.9. The number of rotatable bonds is 7.